The molecule has 0 nitrogen and oxygen atoms in total. The highest BCUT2D eigenvalue weighted by atomic mass is 79.9. The first kappa shape index (κ1) is 9.16. The van der Waals surface area contributed by atoms with Gasteiger partial charge in [0.15, 0.2) is 0 Å². The smallest absolute Gasteiger partial charge is 0.133 e. The lowest BCUT2D eigenvalue weighted by Gasteiger charge is -1.97. The average Bonchev–Trinajstić information content (AvgIpc) is 2.47. The molecule has 68 valence electrons. The Morgan fingerprint density at radius 1 is 1.46 bits per heavy atom. The van der Waals surface area contributed by atoms with Crippen LogP contribution < -0.4 is 0 Å². The van der Waals surface area contributed by atoms with Crippen molar-refractivity contribution in [1.29, 1.82) is 0 Å². The summed E-state index contributed by atoms with van der Waals surface area (Å²) in [5.41, 5.74) is 1.10. The Balaban J connectivity index is 2.82. The second-order valence-electron chi connectivity index (χ2n) is 2.88. The highest BCUT2D eigenvalue weighted by molar-refractivity contribution is 9.10. The number of halogens is 2. The normalized spacial score (nSPS) is 11.0. The fourth-order valence-electron chi connectivity index (χ4n) is 1.41. The molecule has 3 heteroatoms. The van der Waals surface area contributed by atoms with Crippen molar-refractivity contribution in [2.24, 2.45) is 0 Å². The number of rotatable bonds is 1. The van der Waals surface area contributed by atoms with E-state index >= 15 is 0 Å². The molecule has 0 aliphatic rings. The minimum absolute atomic E-state index is 0.123. The Bertz CT molecular complexity index is 447. The van der Waals surface area contributed by atoms with Gasteiger partial charge in [-0.15, -0.1) is 11.3 Å². The molecule has 1 aromatic carbocycles. The van der Waals surface area contributed by atoms with E-state index in [1.54, 1.807) is 11.3 Å². The standard InChI is InChI=1S/C10H8BrFS/c1-2-6-5-13-9-4-7(11)3-8(12)10(6)9/h3-5H,2H2,1H3. The van der Waals surface area contributed by atoms with Crippen molar-refractivity contribution >= 4 is 37.4 Å². The second kappa shape index (κ2) is 3.39. The van der Waals surface area contributed by atoms with Gasteiger partial charge < -0.3 is 0 Å². The molecule has 0 saturated carbocycles. The molecular weight excluding hydrogens is 251 g/mol. The van der Waals surface area contributed by atoms with Crippen LogP contribution in [0.5, 0.6) is 0 Å². The Labute approximate surface area is 88.5 Å². The Morgan fingerprint density at radius 3 is 2.92 bits per heavy atom. The van der Waals surface area contributed by atoms with Crippen molar-refractivity contribution in [2.45, 2.75) is 13.3 Å². The molecule has 0 unspecified atom stereocenters. The largest absolute Gasteiger partial charge is 0.206 e. The quantitative estimate of drug-likeness (QED) is 0.713. The van der Waals surface area contributed by atoms with E-state index in [0.29, 0.717) is 0 Å². The number of hydrogen-bond acceptors (Lipinski definition) is 1. The van der Waals surface area contributed by atoms with Gasteiger partial charge in [-0.1, -0.05) is 22.9 Å². The Morgan fingerprint density at radius 2 is 2.23 bits per heavy atom. The first-order valence-electron chi connectivity index (χ1n) is 4.07. The van der Waals surface area contributed by atoms with E-state index in [4.69, 9.17) is 0 Å². The van der Waals surface area contributed by atoms with Crippen LogP contribution in [-0.4, -0.2) is 0 Å². The number of fused-ring (bicyclic) bond motifs is 1. The third-order valence-corrected chi connectivity index (χ3v) is 3.49. The molecule has 2 aromatic rings. The van der Waals surface area contributed by atoms with Crippen LogP contribution in [0.25, 0.3) is 10.1 Å². The summed E-state index contributed by atoms with van der Waals surface area (Å²) in [6.45, 7) is 2.04. The lowest BCUT2D eigenvalue weighted by Crippen LogP contribution is -1.81. The van der Waals surface area contributed by atoms with Gasteiger partial charge in [0.25, 0.3) is 0 Å². The van der Waals surface area contributed by atoms with E-state index in [2.05, 4.69) is 15.9 Å². The number of thiophene rings is 1. The van der Waals surface area contributed by atoms with E-state index in [-0.39, 0.29) is 5.82 Å². The molecule has 0 spiro atoms. The van der Waals surface area contributed by atoms with Crippen molar-refractivity contribution in [3.8, 4) is 0 Å². The first-order valence-corrected chi connectivity index (χ1v) is 5.74. The summed E-state index contributed by atoms with van der Waals surface area (Å²) in [5.74, 6) is -0.123. The molecule has 0 bridgehead atoms. The van der Waals surface area contributed by atoms with Crippen LogP contribution in [-0.2, 0) is 6.42 Å². The summed E-state index contributed by atoms with van der Waals surface area (Å²) < 4.78 is 15.3. The third kappa shape index (κ3) is 1.51. The molecule has 1 heterocycles. The highest BCUT2D eigenvalue weighted by Crippen LogP contribution is 2.31. The van der Waals surface area contributed by atoms with Crippen LogP contribution >= 0.6 is 27.3 Å². The van der Waals surface area contributed by atoms with Gasteiger partial charge in [-0.3, -0.25) is 0 Å². The summed E-state index contributed by atoms with van der Waals surface area (Å²) in [4.78, 5) is 0. The van der Waals surface area contributed by atoms with E-state index < -0.39 is 0 Å². The van der Waals surface area contributed by atoms with Gasteiger partial charge in [-0.05, 0) is 29.5 Å². The molecule has 1 aromatic heterocycles. The Kier molecular flexibility index (Phi) is 2.39. The van der Waals surface area contributed by atoms with Gasteiger partial charge in [-0.2, -0.15) is 0 Å². The second-order valence-corrected chi connectivity index (χ2v) is 4.70. The van der Waals surface area contributed by atoms with Crippen molar-refractivity contribution < 1.29 is 4.39 Å². The van der Waals surface area contributed by atoms with Crippen LogP contribution in [0, 0.1) is 5.82 Å². The van der Waals surface area contributed by atoms with Crippen LogP contribution in [0.4, 0.5) is 4.39 Å². The molecule has 0 aliphatic carbocycles. The van der Waals surface area contributed by atoms with Gasteiger partial charge in [0.1, 0.15) is 5.82 Å². The molecule has 0 saturated heterocycles. The fraction of sp³-hybridized carbons (Fsp3) is 0.200. The molecule has 0 radical (unpaired) electrons. The molecular formula is C10H8BrFS. The van der Waals surface area contributed by atoms with Crippen molar-refractivity contribution in [2.75, 3.05) is 0 Å². The minimum Gasteiger partial charge on any atom is -0.206 e. The minimum atomic E-state index is -0.123. The van der Waals surface area contributed by atoms with E-state index in [9.17, 15) is 4.39 Å². The molecule has 2 rings (SSSR count). The molecule has 0 fully saturated rings. The fourth-order valence-corrected chi connectivity index (χ4v) is 3.08. The zero-order valence-electron chi connectivity index (χ0n) is 7.10. The van der Waals surface area contributed by atoms with Crippen LogP contribution in [0.15, 0.2) is 22.0 Å². The number of hydrogen-bond donors (Lipinski definition) is 0. The van der Waals surface area contributed by atoms with Crippen molar-refractivity contribution in [1.82, 2.24) is 0 Å². The summed E-state index contributed by atoms with van der Waals surface area (Å²) in [6, 6.07) is 3.48. The predicted molar refractivity (Wildman–Crippen MR) is 58.9 cm³/mol. The number of aryl methyl sites for hydroxylation is 1. The summed E-state index contributed by atoms with van der Waals surface area (Å²) in [5, 5.41) is 2.82. The van der Waals surface area contributed by atoms with Gasteiger partial charge in [0.05, 0.1) is 0 Å². The van der Waals surface area contributed by atoms with Crippen LogP contribution in [0.3, 0.4) is 0 Å². The van der Waals surface area contributed by atoms with E-state index in [1.165, 1.54) is 6.07 Å². The molecule has 0 amide bonds. The van der Waals surface area contributed by atoms with Gasteiger partial charge >= 0.3 is 0 Å². The zero-order chi connectivity index (χ0) is 9.42. The van der Waals surface area contributed by atoms with Gasteiger partial charge in [0.2, 0.25) is 0 Å². The lowest BCUT2D eigenvalue weighted by atomic mass is 10.1. The van der Waals surface area contributed by atoms with Crippen LogP contribution in [0.1, 0.15) is 12.5 Å². The predicted octanol–water partition coefficient (Wildman–Crippen LogP) is 4.37. The molecule has 13 heavy (non-hydrogen) atoms. The maximum absolute atomic E-state index is 13.5. The average molecular weight is 259 g/mol. The molecule has 0 atom stereocenters. The zero-order valence-corrected chi connectivity index (χ0v) is 9.51. The maximum atomic E-state index is 13.5. The highest BCUT2D eigenvalue weighted by Gasteiger charge is 2.08. The summed E-state index contributed by atoms with van der Waals surface area (Å²) in [6.07, 6.45) is 0.887. The first-order chi connectivity index (χ1) is 6.22. The topological polar surface area (TPSA) is 0 Å². The van der Waals surface area contributed by atoms with Gasteiger partial charge in [0, 0.05) is 14.6 Å². The van der Waals surface area contributed by atoms with Crippen molar-refractivity contribution in [3.63, 3.8) is 0 Å². The SMILES string of the molecule is CCc1csc2cc(Br)cc(F)c12. The third-order valence-electron chi connectivity index (χ3n) is 2.05. The molecule has 0 N–H and O–H groups in total. The van der Waals surface area contributed by atoms with E-state index in [0.717, 1.165) is 26.5 Å². The molecule has 0 aliphatic heterocycles. The van der Waals surface area contributed by atoms with E-state index in [1.807, 2.05) is 18.4 Å². The number of benzene rings is 1. The Hall–Kier alpha value is -0.410. The summed E-state index contributed by atoms with van der Waals surface area (Å²) in [7, 11) is 0. The van der Waals surface area contributed by atoms with Crippen molar-refractivity contribution in [3.05, 3.63) is 33.4 Å². The monoisotopic (exact) mass is 258 g/mol. The van der Waals surface area contributed by atoms with Gasteiger partial charge in [-0.25, -0.2) is 4.39 Å². The van der Waals surface area contributed by atoms with Crippen LogP contribution in [0.2, 0.25) is 0 Å². The maximum Gasteiger partial charge on any atom is 0.133 e. The lowest BCUT2D eigenvalue weighted by molar-refractivity contribution is 0.638. The summed E-state index contributed by atoms with van der Waals surface area (Å²) >= 11 is 4.88.